The van der Waals surface area contributed by atoms with Gasteiger partial charge in [0.25, 0.3) is 5.91 Å². The Hall–Kier alpha value is -3.96. The number of benzene rings is 1. The van der Waals surface area contributed by atoms with Gasteiger partial charge in [-0.05, 0) is 32.0 Å². The first-order chi connectivity index (χ1) is 16.6. The third kappa shape index (κ3) is 5.58. The highest BCUT2D eigenvalue weighted by molar-refractivity contribution is 6.08. The summed E-state index contributed by atoms with van der Waals surface area (Å²) >= 11 is 0. The molecule has 2 amide bonds. The molecule has 9 nitrogen and oxygen atoms in total. The van der Waals surface area contributed by atoms with Crippen molar-refractivity contribution in [3.05, 3.63) is 65.5 Å². The van der Waals surface area contributed by atoms with Crippen LogP contribution in [-0.4, -0.2) is 62.6 Å². The molecule has 184 valence electrons. The van der Waals surface area contributed by atoms with Gasteiger partial charge in [-0.25, -0.2) is 9.97 Å². The second-order valence-corrected chi connectivity index (χ2v) is 8.22. The number of aryl methyl sites for hydroxylation is 2. The predicted molar refractivity (Wildman–Crippen MR) is 122 cm³/mol. The van der Waals surface area contributed by atoms with Crippen LogP contribution in [0.4, 0.5) is 24.5 Å². The zero-order valence-corrected chi connectivity index (χ0v) is 19.2. The number of carbonyl (C=O) groups is 2. The number of hydrogen-bond acceptors (Lipinski definition) is 6. The molecule has 1 aliphatic heterocycles. The smallest absolute Gasteiger partial charge is 0.367 e. The Labute approximate surface area is 199 Å². The summed E-state index contributed by atoms with van der Waals surface area (Å²) in [5.74, 6) is -1.79. The Balaban J connectivity index is 1.40. The summed E-state index contributed by atoms with van der Waals surface area (Å²) in [6.07, 6.45) is -2.82. The molecule has 2 aromatic heterocycles. The number of halogens is 3. The molecular formula is C23H24F3N7O2. The quantitative estimate of drug-likeness (QED) is 0.595. The van der Waals surface area contributed by atoms with Gasteiger partial charge in [0, 0.05) is 37.6 Å². The summed E-state index contributed by atoms with van der Waals surface area (Å²) in [7, 11) is 0. The van der Waals surface area contributed by atoms with Crippen LogP contribution in [-0.2, 0) is 17.5 Å². The first-order valence-corrected chi connectivity index (χ1v) is 10.9. The van der Waals surface area contributed by atoms with E-state index in [-0.39, 0.29) is 18.1 Å². The summed E-state index contributed by atoms with van der Waals surface area (Å²) < 4.78 is 39.7. The molecule has 0 bridgehead atoms. The van der Waals surface area contributed by atoms with Crippen molar-refractivity contribution in [1.82, 2.24) is 24.6 Å². The normalized spacial score (nSPS) is 14.2. The van der Waals surface area contributed by atoms with Crippen molar-refractivity contribution in [1.29, 1.82) is 0 Å². The molecule has 1 aliphatic rings. The predicted octanol–water partition coefficient (Wildman–Crippen LogP) is 2.91. The summed E-state index contributed by atoms with van der Waals surface area (Å²) in [4.78, 5) is 35.9. The fourth-order valence-corrected chi connectivity index (χ4v) is 3.94. The molecule has 3 heterocycles. The molecule has 0 unspecified atom stereocenters. The van der Waals surface area contributed by atoms with E-state index in [0.717, 1.165) is 23.8 Å². The maximum atomic E-state index is 12.9. The van der Waals surface area contributed by atoms with Crippen LogP contribution in [0.1, 0.15) is 27.6 Å². The number of anilines is 2. The average Bonchev–Trinajstić information content (AvgIpc) is 3.15. The summed E-state index contributed by atoms with van der Waals surface area (Å²) in [5.41, 5.74) is 2.86. The molecular weight excluding hydrogens is 463 g/mol. The van der Waals surface area contributed by atoms with Gasteiger partial charge in [-0.2, -0.15) is 18.3 Å². The maximum Gasteiger partial charge on any atom is 0.451 e. The first kappa shape index (κ1) is 24.2. The van der Waals surface area contributed by atoms with Gasteiger partial charge in [-0.1, -0.05) is 12.1 Å². The van der Waals surface area contributed by atoms with Crippen molar-refractivity contribution in [3.8, 4) is 0 Å². The lowest BCUT2D eigenvalue weighted by Crippen LogP contribution is -2.50. The van der Waals surface area contributed by atoms with Crippen molar-refractivity contribution in [2.45, 2.75) is 26.6 Å². The molecule has 1 N–H and O–H groups in total. The topological polar surface area (TPSA) is 96.2 Å². The van der Waals surface area contributed by atoms with E-state index < -0.39 is 17.9 Å². The van der Waals surface area contributed by atoms with E-state index in [1.807, 2.05) is 24.8 Å². The van der Waals surface area contributed by atoms with Crippen LogP contribution in [0.2, 0.25) is 0 Å². The summed E-state index contributed by atoms with van der Waals surface area (Å²) in [6.45, 7) is 5.98. The maximum absolute atomic E-state index is 12.9. The van der Waals surface area contributed by atoms with Crippen molar-refractivity contribution in [3.63, 3.8) is 0 Å². The second kappa shape index (κ2) is 9.72. The van der Waals surface area contributed by atoms with Crippen molar-refractivity contribution in [2.75, 3.05) is 36.4 Å². The van der Waals surface area contributed by atoms with Gasteiger partial charge in [-0.15, -0.1) is 0 Å². The molecule has 0 saturated carbocycles. The SMILES string of the molecule is Cc1cc(C)n(CC(=O)N2CCN(c3ccccc3C(=O)Nc3cnc(C(F)(F)F)nc3)CC2)n1. The average molecular weight is 487 g/mol. The molecule has 4 rings (SSSR count). The number of aromatic nitrogens is 4. The number of carbonyl (C=O) groups excluding carboxylic acids is 2. The van der Waals surface area contributed by atoms with Crippen LogP contribution in [0.15, 0.2) is 42.7 Å². The Bertz CT molecular complexity index is 1220. The van der Waals surface area contributed by atoms with Crippen LogP contribution < -0.4 is 10.2 Å². The Kier molecular flexibility index (Phi) is 6.72. The van der Waals surface area contributed by atoms with E-state index in [4.69, 9.17) is 0 Å². The standard InChI is InChI=1S/C23H24F3N7O2/c1-15-11-16(2)33(30-15)14-20(34)32-9-7-31(8-10-32)19-6-4-3-5-18(19)21(35)29-17-12-27-22(28-13-17)23(24,25)26/h3-6,11-13H,7-10,14H2,1-2H3,(H,29,35). The molecule has 12 heteroatoms. The Morgan fingerprint density at radius 2 is 1.69 bits per heavy atom. The zero-order chi connectivity index (χ0) is 25.2. The molecule has 35 heavy (non-hydrogen) atoms. The summed E-state index contributed by atoms with van der Waals surface area (Å²) in [5, 5.41) is 6.89. The second-order valence-electron chi connectivity index (χ2n) is 8.22. The highest BCUT2D eigenvalue weighted by atomic mass is 19.4. The lowest BCUT2D eigenvalue weighted by molar-refractivity contribution is -0.145. The molecule has 0 spiro atoms. The van der Waals surface area contributed by atoms with Gasteiger partial charge >= 0.3 is 6.18 Å². The molecule has 0 aliphatic carbocycles. The van der Waals surface area contributed by atoms with E-state index in [1.165, 1.54) is 0 Å². The van der Waals surface area contributed by atoms with Gasteiger partial charge in [0.15, 0.2) is 0 Å². The molecule has 0 radical (unpaired) electrons. The van der Waals surface area contributed by atoms with E-state index >= 15 is 0 Å². The third-order valence-electron chi connectivity index (χ3n) is 5.67. The van der Waals surface area contributed by atoms with Crippen molar-refractivity contribution >= 4 is 23.2 Å². The third-order valence-corrected chi connectivity index (χ3v) is 5.67. The molecule has 1 fully saturated rings. The number of nitrogens with one attached hydrogen (secondary N) is 1. The number of hydrogen-bond donors (Lipinski definition) is 1. The molecule has 0 atom stereocenters. The van der Waals surface area contributed by atoms with Crippen LogP contribution >= 0.6 is 0 Å². The molecule has 3 aromatic rings. The van der Waals surface area contributed by atoms with Gasteiger partial charge < -0.3 is 15.1 Å². The molecule has 1 aromatic carbocycles. The lowest BCUT2D eigenvalue weighted by Gasteiger charge is -2.37. The van der Waals surface area contributed by atoms with Crippen LogP contribution in [0.5, 0.6) is 0 Å². The minimum atomic E-state index is -4.66. The van der Waals surface area contributed by atoms with Crippen LogP contribution in [0, 0.1) is 13.8 Å². The van der Waals surface area contributed by atoms with Gasteiger partial charge in [0.2, 0.25) is 11.7 Å². The van der Waals surface area contributed by atoms with Crippen molar-refractivity contribution in [2.24, 2.45) is 0 Å². The van der Waals surface area contributed by atoms with E-state index in [9.17, 15) is 22.8 Å². The molecule has 1 saturated heterocycles. The lowest BCUT2D eigenvalue weighted by atomic mass is 10.1. The monoisotopic (exact) mass is 487 g/mol. The fraction of sp³-hybridized carbons (Fsp3) is 0.348. The number of nitrogens with zero attached hydrogens (tertiary/aromatic N) is 6. The minimum absolute atomic E-state index is 0.0239. The van der Waals surface area contributed by atoms with E-state index in [1.54, 1.807) is 33.8 Å². The Morgan fingerprint density at radius 3 is 2.29 bits per heavy atom. The van der Waals surface area contributed by atoms with Gasteiger partial charge in [0.05, 0.1) is 29.3 Å². The van der Waals surface area contributed by atoms with E-state index in [2.05, 4.69) is 20.4 Å². The number of piperazine rings is 1. The largest absolute Gasteiger partial charge is 0.451 e. The highest BCUT2D eigenvalue weighted by Gasteiger charge is 2.34. The first-order valence-electron chi connectivity index (χ1n) is 10.9. The van der Waals surface area contributed by atoms with Crippen LogP contribution in [0.25, 0.3) is 0 Å². The van der Waals surface area contributed by atoms with Gasteiger partial charge in [-0.3, -0.25) is 14.3 Å². The zero-order valence-electron chi connectivity index (χ0n) is 19.2. The minimum Gasteiger partial charge on any atom is -0.367 e. The van der Waals surface area contributed by atoms with Crippen molar-refractivity contribution < 1.29 is 22.8 Å². The van der Waals surface area contributed by atoms with Crippen LogP contribution in [0.3, 0.4) is 0 Å². The Morgan fingerprint density at radius 1 is 1.03 bits per heavy atom. The fourth-order valence-electron chi connectivity index (χ4n) is 3.94. The number of rotatable bonds is 5. The van der Waals surface area contributed by atoms with Gasteiger partial charge in [0.1, 0.15) is 6.54 Å². The number of alkyl halides is 3. The summed E-state index contributed by atoms with van der Waals surface area (Å²) in [6, 6.07) is 8.86. The van der Waals surface area contributed by atoms with E-state index in [0.29, 0.717) is 37.4 Å². The number of para-hydroxylation sites is 1. The number of amides is 2. The highest BCUT2D eigenvalue weighted by Crippen LogP contribution is 2.26.